The highest BCUT2D eigenvalue weighted by Crippen LogP contribution is 2.31. The van der Waals surface area contributed by atoms with E-state index in [-0.39, 0.29) is 5.97 Å². The number of benzene rings is 1. The van der Waals surface area contributed by atoms with E-state index in [2.05, 4.69) is 26.7 Å². The number of hydrogen-bond acceptors (Lipinski definition) is 8. The lowest BCUT2D eigenvalue weighted by Crippen LogP contribution is -2.35. The maximum atomic E-state index is 11.7. The molecule has 212 valence electrons. The second kappa shape index (κ2) is 13.1. The van der Waals surface area contributed by atoms with E-state index in [1.807, 2.05) is 24.3 Å². The minimum Gasteiger partial charge on any atom is -0.469 e. The number of nitrogens with zero attached hydrogens (tertiary/aromatic N) is 5. The van der Waals surface area contributed by atoms with Gasteiger partial charge < -0.3 is 14.4 Å². The zero-order valence-electron chi connectivity index (χ0n) is 23.0. The van der Waals surface area contributed by atoms with Crippen LogP contribution in [-0.4, -0.2) is 59.1 Å². The summed E-state index contributed by atoms with van der Waals surface area (Å²) in [6.45, 7) is 6.74. The van der Waals surface area contributed by atoms with E-state index in [4.69, 9.17) is 37.7 Å². The van der Waals surface area contributed by atoms with Crippen molar-refractivity contribution in [1.82, 2.24) is 19.9 Å². The Labute approximate surface area is 245 Å². The number of hydrogen-bond donors (Lipinski definition) is 0. The quantitative estimate of drug-likeness (QED) is 0.273. The third kappa shape index (κ3) is 7.62. The van der Waals surface area contributed by atoms with Crippen LogP contribution in [0, 0.1) is 11.8 Å². The summed E-state index contributed by atoms with van der Waals surface area (Å²) in [5.41, 5.74) is 2.59. The Balaban J connectivity index is 1.34. The van der Waals surface area contributed by atoms with Gasteiger partial charge in [0.15, 0.2) is 5.75 Å². The molecule has 10 heteroatoms. The zero-order valence-corrected chi connectivity index (χ0v) is 24.5. The van der Waals surface area contributed by atoms with Crippen LogP contribution in [0.25, 0.3) is 11.3 Å². The fourth-order valence-corrected chi connectivity index (χ4v) is 6.02. The second-order valence-corrected chi connectivity index (χ2v) is 11.7. The van der Waals surface area contributed by atoms with Crippen molar-refractivity contribution in [2.45, 2.75) is 45.6 Å². The molecule has 0 unspecified atom stereocenters. The van der Waals surface area contributed by atoms with E-state index in [1.165, 1.54) is 13.5 Å². The summed E-state index contributed by atoms with van der Waals surface area (Å²) in [6, 6.07) is 9.40. The van der Waals surface area contributed by atoms with E-state index in [0.717, 1.165) is 74.8 Å². The molecule has 1 aromatic carbocycles. The lowest BCUT2D eigenvalue weighted by molar-refractivity contribution is -0.142. The lowest BCUT2D eigenvalue weighted by atomic mass is 9.93. The summed E-state index contributed by atoms with van der Waals surface area (Å²) < 4.78 is 11.0. The predicted octanol–water partition coefficient (Wildman–Crippen LogP) is 6.65. The average molecular weight is 585 g/mol. The van der Waals surface area contributed by atoms with Gasteiger partial charge in [-0.25, -0.2) is 15.0 Å². The number of esters is 1. The summed E-state index contributed by atoms with van der Waals surface area (Å²) in [6.07, 6.45) is 8.20. The van der Waals surface area contributed by atoms with Gasteiger partial charge in [-0.15, -0.1) is 0 Å². The van der Waals surface area contributed by atoms with Crippen LogP contribution in [0.1, 0.15) is 44.6 Å². The van der Waals surface area contributed by atoms with Crippen LogP contribution >= 0.6 is 23.2 Å². The van der Waals surface area contributed by atoms with E-state index in [9.17, 15) is 4.79 Å². The zero-order chi connectivity index (χ0) is 28.1. The molecule has 0 bridgehead atoms. The molecular formula is C30H35Cl2N5O3. The molecule has 0 saturated carbocycles. The number of carbonyl (C=O) groups is 1. The van der Waals surface area contributed by atoms with Gasteiger partial charge in [0.2, 0.25) is 11.8 Å². The predicted molar refractivity (Wildman–Crippen MR) is 157 cm³/mol. The summed E-state index contributed by atoms with van der Waals surface area (Å²) in [5.74, 6) is 2.56. The molecule has 0 spiro atoms. The van der Waals surface area contributed by atoms with Gasteiger partial charge >= 0.3 is 5.97 Å². The molecular weight excluding hydrogens is 549 g/mol. The number of ether oxygens (including phenoxy) is 2. The maximum absolute atomic E-state index is 11.7. The van der Waals surface area contributed by atoms with E-state index in [1.54, 1.807) is 18.5 Å². The molecule has 8 nitrogen and oxygen atoms in total. The first kappa shape index (κ1) is 28.6. The maximum Gasteiger partial charge on any atom is 0.305 e. The molecule has 2 aliphatic heterocycles. The smallest absolute Gasteiger partial charge is 0.305 e. The van der Waals surface area contributed by atoms with Crippen LogP contribution in [0.4, 0.5) is 5.95 Å². The summed E-state index contributed by atoms with van der Waals surface area (Å²) in [5, 5.41) is 1.08. The molecule has 5 rings (SSSR count). The number of anilines is 1. The van der Waals surface area contributed by atoms with Crippen molar-refractivity contribution < 1.29 is 14.3 Å². The second-order valence-electron chi connectivity index (χ2n) is 10.9. The summed E-state index contributed by atoms with van der Waals surface area (Å²) >= 11 is 12.6. The molecule has 0 radical (unpaired) electrons. The van der Waals surface area contributed by atoms with Crippen LogP contribution in [0.3, 0.4) is 0 Å². The van der Waals surface area contributed by atoms with E-state index >= 15 is 0 Å². The van der Waals surface area contributed by atoms with Gasteiger partial charge in [-0.3, -0.25) is 9.69 Å². The monoisotopic (exact) mass is 583 g/mol. The van der Waals surface area contributed by atoms with Crippen molar-refractivity contribution >= 4 is 35.1 Å². The summed E-state index contributed by atoms with van der Waals surface area (Å²) in [4.78, 5) is 30.2. The topological polar surface area (TPSA) is 80.7 Å². The number of halogens is 2. The molecule has 0 aliphatic carbocycles. The number of rotatable bonds is 8. The Bertz CT molecular complexity index is 1290. The Hall–Kier alpha value is -2.94. The standard InChI is InChI=1S/C30H35Cl2N5O3/c1-20-4-3-7-37(18-20)30-33-16-26(17-34-30)40-28-11-22(10-27(35-28)23-13-24(31)15-25(32)14-23)19-36-8-5-21(6-9-36)12-29(38)39-2/h10-11,13-17,20-21H,3-9,12,18-19H2,1-2H3/t20-/m1/s1. The number of carbonyl (C=O) groups excluding carboxylic acids is 1. The molecule has 40 heavy (non-hydrogen) atoms. The van der Waals surface area contributed by atoms with Gasteiger partial charge in [-0.05, 0) is 80.4 Å². The van der Waals surface area contributed by atoms with Crippen molar-refractivity contribution in [3.05, 3.63) is 58.3 Å². The van der Waals surface area contributed by atoms with Gasteiger partial charge in [0.1, 0.15) is 0 Å². The highest BCUT2D eigenvalue weighted by atomic mass is 35.5. The van der Waals surface area contributed by atoms with E-state index in [0.29, 0.717) is 39.9 Å². The minimum absolute atomic E-state index is 0.137. The van der Waals surface area contributed by atoms with Crippen molar-refractivity contribution in [2.24, 2.45) is 11.8 Å². The number of piperidine rings is 2. The van der Waals surface area contributed by atoms with Crippen LogP contribution < -0.4 is 9.64 Å². The SMILES string of the molecule is COC(=O)CC1CCN(Cc2cc(Oc3cnc(N4CCC[C@@H](C)C4)nc3)nc(-c3cc(Cl)cc(Cl)c3)c2)CC1. The first-order valence-corrected chi connectivity index (χ1v) is 14.6. The number of pyridine rings is 1. The number of likely N-dealkylation sites (tertiary alicyclic amines) is 1. The molecule has 2 aromatic heterocycles. The molecule has 1 atom stereocenters. The van der Waals surface area contributed by atoms with Gasteiger partial charge in [-0.2, -0.15) is 0 Å². The highest BCUT2D eigenvalue weighted by molar-refractivity contribution is 6.35. The van der Waals surface area contributed by atoms with Crippen molar-refractivity contribution in [3.63, 3.8) is 0 Å². The molecule has 0 amide bonds. The van der Waals surface area contributed by atoms with Crippen molar-refractivity contribution in [1.29, 1.82) is 0 Å². The van der Waals surface area contributed by atoms with Crippen molar-refractivity contribution in [3.8, 4) is 22.9 Å². The van der Waals surface area contributed by atoms with Gasteiger partial charge in [0, 0.05) is 47.7 Å². The lowest BCUT2D eigenvalue weighted by Gasteiger charge is -2.31. The molecule has 4 heterocycles. The highest BCUT2D eigenvalue weighted by Gasteiger charge is 2.23. The van der Waals surface area contributed by atoms with Gasteiger partial charge in [0.05, 0.1) is 25.2 Å². The normalized spacial score (nSPS) is 18.5. The van der Waals surface area contributed by atoms with Crippen LogP contribution in [-0.2, 0) is 16.1 Å². The molecule has 2 saturated heterocycles. The van der Waals surface area contributed by atoms with Gasteiger partial charge in [0.25, 0.3) is 0 Å². The average Bonchev–Trinajstić information content (AvgIpc) is 2.94. The largest absolute Gasteiger partial charge is 0.469 e. The van der Waals surface area contributed by atoms with Crippen molar-refractivity contribution in [2.75, 3.05) is 38.2 Å². The van der Waals surface area contributed by atoms with E-state index < -0.39 is 0 Å². The Morgan fingerprint density at radius 3 is 2.40 bits per heavy atom. The van der Waals surface area contributed by atoms with Crippen LogP contribution in [0.5, 0.6) is 11.6 Å². The first-order valence-electron chi connectivity index (χ1n) is 13.9. The molecule has 2 aliphatic rings. The molecule has 0 N–H and O–H groups in total. The fraction of sp³-hybridized carbons (Fsp3) is 0.467. The molecule has 2 fully saturated rings. The first-order chi connectivity index (χ1) is 19.3. The number of methoxy groups -OCH3 is 1. The number of aromatic nitrogens is 3. The Kier molecular flexibility index (Phi) is 9.40. The minimum atomic E-state index is -0.137. The summed E-state index contributed by atoms with van der Waals surface area (Å²) in [7, 11) is 1.45. The Morgan fingerprint density at radius 1 is 1.00 bits per heavy atom. The third-order valence-corrected chi connectivity index (χ3v) is 8.03. The van der Waals surface area contributed by atoms with Gasteiger partial charge in [-0.1, -0.05) is 30.1 Å². The fourth-order valence-electron chi connectivity index (χ4n) is 5.50. The van der Waals surface area contributed by atoms with Crippen LogP contribution in [0.15, 0.2) is 42.7 Å². The molecule has 3 aromatic rings. The van der Waals surface area contributed by atoms with Crippen LogP contribution in [0.2, 0.25) is 10.0 Å². The Morgan fingerprint density at radius 2 is 1.73 bits per heavy atom. The third-order valence-electron chi connectivity index (χ3n) is 7.59.